The summed E-state index contributed by atoms with van der Waals surface area (Å²) in [6, 6.07) is 8.20. The van der Waals surface area contributed by atoms with Gasteiger partial charge in [-0.15, -0.1) is 0 Å². The number of halogens is 1. The number of rotatable bonds is 5. The Morgan fingerprint density at radius 3 is 2.66 bits per heavy atom. The number of carboxylic acids is 1. The number of benzene rings is 2. The molecule has 2 N–H and O–H groups in total. The van der Waals surface area contributed by atoms with Gasteiger partial charge in [-0.2, -0.15) is 0 Å². The third-order valence-corrected chi connectivity index (χ3v) is 5.43. The molecule has 0 atom stereocenters. The fourth-order valence-electron chi connectivity index (χ4n) is 3.77. The monoisotopic (exact) mass is 412 g/mol. The number of carboxylic acid groups (broad SMARTS) is 1. The number of aromatic carboxylic acids is 1. The molecule has 2 aromatic rings. The van der Waals surface area contributed by atoms with E-state index in [0.29, 0.717) is 10.7 Å². The summed E-state index contributed by atoms with van der Waals surface area (Å²) in [5.74, 6) is -1.49. The van der Waals surface area contributed by atoms with Gasteiger partial charge in [-0.25, -0.2) is 4.79 Å². The summed E-state index contributed by atoms with van der Waals surface area (Å²) in [6.45, 7) is 9.58. The summed E-state index contributed by atoms with van der Waals surface area (Å²) >= 11 is 6.57. The smallest absolute Gasteiger partial charge is 0.339 e. The van der Waals surface area contributed by atoms with E-state index in [-0.39, 0.29) is 16.9 Å². The molecule has 0 bridgehead atoms. The maximum Gasteiger partial charge on any atom is 0.339 e. The lowest BCUT2D eigenvalue weighted by atomic mass is 9.88. The van der Waals surface area contributed by atoms with Crippen LogP contribution in [0.4, 0.5) is 11.4 Å². The van der Waals surface area contributed by atoms with Crippen LogP contribution >= 0.6 is 11.6 Å². The molecule has 2 aromatic carbocycles. The molecule has 1 aliphatic heterocycles. The van der Waals surface area contributed by atoms with Crippen molar-refractivity contribution < 1.29 is 15.0 Å². The van der Waals surface area contributed by atoms with Gasteiger partial charge in [0.1, 0.15) is 11.3 Å². The zero-order valence-corrected chi connectivity index (χ0v) is 17.8. The van der Waals surface area contributed by atoms with Crippen molar-refractivity contribution in [2.75, 3.05) is 11.4 Å². The molecule has 0 saturated carbocycles. The summed E-state index contributed by atoms with van der Waals surface area (Å²) in [5, 5.41) is 19.4. The Kier molecular flexibility index (Phi) is 5.71. The summed E-state index contributed by atoms with van der Waals surface area (Å²) in [5.41, 5.74) is 4.30. The highest BCUT2D eigenvalue weighted by molar-refractivity contribution is 6.33. The normalized spacial score (nSPS) is 15.3. The molecule has 152 valence electrons. The number of anilines is 1. The highest BCUT2D eigenvalue weighted by atomic mass is 35.5. The maximum atomic E-state index is 11.2. The van der Waals surface area contributed by atoms with Crippen LogP contribution in [0.3, 0.4) is 0 Å². The van der Waals surface area contributed by atoms with Crippen LogP contribution in [0.25, 0.3) is 5.57 Å². The lowest BCUT2D eigenvalue weighted by Crippen LogP contribution is -2.45. The van der Waals surface area contributed by atoms with E-state index < -0.39 is 5.97 Å². The topological polar surface area (TPSA) is 73.1 Å². The number of aliphatic imine (C=N–C) groups is 1. The zero-order chi connectivity index (χ0) is 21.3. The fraction of sp³-hybridized carbons (Fsp3) is 0.304. The van der Waals surface area contributed by atoms with Crippen LogP contribution in [0.2, 0.25) is 5.02 Å². The predicted molar refractivity (Wildman–Crippen MR) is 119 cm³/mol. The van der Waals surface area contributed by atoms with Crippen LogP contribution < -0.4 is 4.90 Å². The van der Waals surface area contributed by atoms with E-state index in [9.17, 15) is 9.90 Å². The SMILES string of the molecule is CCCN1c2cc(Cl)c(C=Nc3ccc(O)c(C(=O)O)c3)cc2C(C)=CC1(C)C. The summed E-state index contributed by atoms with van der Waals surface area (Å²) in [7, 11) is 0. The van der Waals surface area contributed by atoms with E-state index >= 15 is 0 Å². The van der Waals surface area contributed by atoms with Crippen LogP contribution in [0.1, 0.15) is 55.6 Å². The molecule has 1 aliphatic rings. The van der Waals surface area contributed by atoms with E-state index in [4.69, 9.17) is 16.7 Å². The maximum absolute atomic E-state index is 11.2. The van der Waals surface area contributed by atoms with Crippen molar-refractivity contribution in [2.24, 2.45) is 4.99 Å². The Bertz CT molecular complexity index is 1030. The number of carbonyl (C=O) groups is 1. The third-order valence-electron chi connectivity index (χ3n) is 5.11. The molecular formula is C23H25ClN2O3. The Morgan fingerprint density at radius 2 is 2.00 bits per heavy atom. The Balaban J connectivity index is 2.01. The molecule has 0 aromatic heterocycles. The highest BCUT2D eigenvalue weighted by Gasteiger charge is 2.31. The van der Waals surface area contributed by atoms with E-state index in [1.807, 2.05) is 12.1 Å². The van der Waals surface area contributed by atoms with Gasteiger partial charge in [-0.05, 0) is 63.1 Å². The van der Waals surface area contributed by atoms with Gasteiger partial charge in [0.15, 0.2) is 0 Å². The van der Waals surface area contributed by atoms with Gasteiger partial charge in [-0.3, -0.25) is 4.99 Å². The van der Waals surface area contributed by atoms with E-state index in [2.05, 4.69) is 43.7 Å². The van der Waals surface area contributed by atoms with E-state index in [1.165, 1.54) is 17.7 Å². The van der Waals surface area contributed by atoms with Crippen LogP contribution in [0.15, 0.2) is 41.4 Å². The van der Waals surface area contributed by atoms with Crippen molar-refractivity contribution in [1.29, 1.82) is 0 Å². The first-order valence-corrected chi connectivity index (χ1v) is 9.93. The van der Waals surface area contributed by atoms with Gasteiger partial charge >= 0.3 is 5.97 Å². The lowest BCUT2D eigenvalue weighted by Gasteiger charge is -2.43. The van der Waals surface area contributed by atoms with Gasteiger partial charge in [0.05, 0.1) is 16.2 Å². The van der Waals surface area contributed by atoms with Crippen LogP contribution in [-0.4, -0.2) is 34.5 Å². The first kappa shape index (κ1) is 20.9. The first-order valence-electron chi connectivity index (χ1n) is 9.55. The molecule has 29 heavy (non-hydrogen) atoms. The van der Waals surface area contributed by atoms with Gasteiger partial charge in [0, 0.05) is 29.6 Å². The second-order valence-corrected chi connectivity index (χ2v) is 8.20. The Hall–Kier alpha value is -2.79. The molecule has 0 aliphatic carbocycles. The quantitative estimate of drug-likeness (QED) is 0.599. The second kappa shape index (κ2) is 7.91. The lowest BCUT2D eigenvalue weighted by molar-refractivity contribution is 0.0694. The minimum Gasteiger partial charge on any atom is -0.507 e. The van der Waals surface area contributed by atoms with Gasteiger partial charge < -0.3 is 15.1 Å². The molecule has 0 spiro atoms. The van der Waals surface area contributed by atoms with Crippen molar-refractivity contribution >= 4 is 40.7 Å². The average Bonchev–Trinajstić information content (AvgIpc) is 2.64. The average molecular weight is 413 g/mol. The highest BCUT2D eigenvalue weighted by Crippen LogP contribution is 2.41. The van der Waals surface area contributed by atoms with Crippen molar-refractivity contribution in [3.63, 3.8) is 0 Å². The van der Waals surface area contributed by atoms with Crippen molar-refractivity contribution in [3.8, 4) is 5.75 Å². The molecule has 6 heteroatoms. The largest absolute Gasteiger partial charge is 0.507 e. The van der Waals surface area contributed by atoms with E-state index in [0.717, 1.165) is 29.8 Å². The van der Waals surface area contributed by atoms with Gasteiger partial charge in [0.2, 0.25) is 0 Å². The number of hydrogen-bond acceptors (Lipinski definition) is 4. The third kappa shape index (κ3) is 4.15. The molecule has 0 amide bonds. The number of phenols is 1. The zero-order valence-electron chi connectivity index (χ0n) is 17.0. The number of aromatic hydroxyl groups is 1. The Morgan fingerprint density at radius 1 is 1.28 bits per heavy atom. The summed E-state index contributed by atoms with van der Waals surface area (Å²) < 4.78 is 0. The van der Waals surface area contributed by atoms with Gasteiger partial charge in [0.25, 0.3) is 0 Å². The molecule has 1 heterocycles. The number of fused-ring (bicyclic) bond motifs is 1. The van der Waals surface area contributed by atoms with Crippen LogP contribution in [-0.2, 0) is 0 Å². The van der Waals surface area contributed by atoms with Crippen molar-refractivity contribution in [2.45, 2.75) is 39.7 Å². The number of allylic oxidation sites excluding steroid dienone is 1. The van der Waals surface area contributed by atoms with Crippen LogP contribution in [0.5, 0.6) is 5.75 Å². The summed E-state index contributed by atoms with van der Waals surface area (Å²) in [6.07, 6.45) is 4.92. The molecule has 0 fully saturated rings. The van der Waals surface area contributed by atoms with E-state index in [1.54, 1.807) is 12.3 Å². The molecular weight excluding hydrogens is 388 g/mol. The standard InChI is InChI=1S/C23H25ClN2O3/c1-5-8-26-20-11-19(24)15(9-17(20)14(2)12-23(26,3)4)13-25-16-6-7-21(27)18(10-16)22(28)29/h6-7,9-13,27H,5,8H2,1-4H3,(H,28,29). The molecule has 3 rings (SSSR count). The molecule has 0 unspecified atom stereocenters. The molecule has 5 nitrogen and oxygen atoms in total. The summed E-state index contributed by atoms with van der Waals surface area (Å²) in [4.78, 5) is 17.9. The molecule has 0 radical (unpaired) electrons. The van der Waals surface area contributed by atoms with Crippen molar-refractivity contribution in [1.82, 2.24) is 0 Å². The van der Waals surface area contributed by atoms with Crippen LogP contribution in [0, 0.1) is 0 Å². The predicted octanol–water partition coefficient (Wildman–Crippen LogP) is 5.91. The molecule has 0 saturated heterocycles. The van der Waals surface area contributed by atoms with Crippen molar-refractivity contribution in [3.05, 3.63) is 58.1 Å². The second-order valence-electron chi connectivity index (χ2n) is 7.79. The first-order chi connectivity index (χ1) is 13.6. The number of hydrogen-bond donors (Lipinski definition) is 2. The fourth-order valence-corrected chi connectivity index (χ4v) is 3.97. The Labute approximate surface area is 176 Å². The minimum absolute atomic E-state index is 0.0920. The minimum atomic E-state index is -1.20. The number of nitrogens with zero attached hydrogens (tertiary/aromatic N) is 2. The van der Waals surface area contributed by atoms with Gasteiger partial charge in [-0.1, -0.05) is 24.6 Å².